The van der Waals surface area contributed by atoms with Crippen molar-refractivity contribution < 1.29 is 19.0 Å². The quantitative estimate of drug-likeness (QED) is 0.733. The van der Waals surface area contributed by atoms with Gasteiger partial charge in [-0.1, -0.05) is 29.8 Å². The lowest BCUT2D eigenvalue weighted by Crippen LogP contribution is -2.03. The van der Waals surface area contributed by atoms with Gasteiger partial charge in [0.15, 0.2) is 6.29 Å². The molecule has 0 radical (unpaired) electrons. The van der Waals surface area contributed by atoms with Gasteiger partial charge < -0.3 is 14.2 Å². The first-order valence-electron chi connectivity index (χ1n) is 7.53. The third kappa shape index (κ3) is 3.87. The first-order chi connectivity index (χ1) is 11.7. The normalized spacial score (nSPS) is 15.2. The zero-order chi connectivity index (χ0) is 16.9. The Balaban J connectivity index is 1.76. The maximum Gasteiger partial charge on any atom is 0.338 e. The molecule has 1 aliphatic heterocycles. The number of ether oxygens (including phenoxy) is 3. The number of carbonyl (C=O) groups excluding carboxylic acids is 1. The Morgan fingerprint density at radius 2 is 2.17 bits per heavy atom. The maximum absolute atomic E-state index is 11.9. The molecule has 2 heterocycles. The Kier molecular flexibility index (Phi) is 5.68. The van der Waals surface area contributed by atoms with Gasteiger partial charge in [-0.05, 0) is 29.1 Å². The van der Waals surface area contributed by atoms with E-state index in [0.717, 1.165) is 17.5 Å². The van der Waals surface area contributed by atoms with E-state index in [4.69, 9.17) is 25.8 Å². The van der Waals surface area contributed by atoms with Crippen molar-refractivity contribution in [3.05, 3.63) is 62.3 Å². The molecular weight excluding hydrogens is 348 g/mol. The van der Waals surface area contributed by atoms with E-state index < -0.39 is 5.97 Å². The summed E-state index contributed by atoms with van der Waals surface area (Å²) in [6, 6.07) is 7.21. The van der Waals surface area contributed by atoms with E-state index in [1.165, 1.54) is 12.0 Å². The van der Waals surface area contributed by atoms with Crippen LogP contribution in [0.15, 0.2) is 35.7 Å². The summed E-state index contributed by atoms with van der Waals surface area (Å²) in [5.74, 6) is -0.401. The average Bonchev–Trinajstić information content (AvgIpc) is 3.26. The Morgan fingerprint density at radius 1 is 1.38 bits per heavy atom. The first kappa shape index (κ1) is 17.2. The summed E-state index contributed by atoms with van der Waals surface area (Å²) in [6.07, 6.45) is 4.39. The third-order valence-electron chi connectivity index (χ3n) is 3.68. The molecule has 0 bridgehead atoms. The molecule has 0 saturated carbocycles. The fourth-order valence-electron chi connectivity index (χ4n) is 2.52. The average molecular weight is 365 g/mol. The molecule has 2 aromatic rings. The Hall–Kier alpha value is -1.66. The van der Waals surface area contributed by atoms with E-state index in [9.17, 15) is 4.79 Å². The summed E-state index contributed by atoms with van der Waals surface area (Å²) in [7, 11) is 1.36. The summed E-state index contributed by atoms with van der Waals surface area (Å²) in [5, 5.41) is 2.54. The molecule has 3 rings (SSSR count). The fraction of sp³-hybridized carbons (Fsp3) is 0.278. The molecule has 0 amide bonds. The number of esters is 1. The monoisotopic (exact) mass is 364 g/mol. The zero-order valence-electron chi connectivity index (χ0n) is 13.2. The number of halogens is 1. The molecule has 1 aromatic carbocycles. The minimum Gasteiger partial charge on any atom is -0.465 e. The number of methoxy groups -OCH3 is 1. The number of hydrogen-bond acceptors (Lipinski definition) is 5. The van der Waals surface area contributed by atoms with Crippen LogP contribution in [0.25, 0.3) is 6.08 Å². The van der Waals surface area contributed by atoms with E-state index in [0.29, 0.717) is 23.8 Å². The van der Waals surface area contributed by atoms with Crippen LogP contribution in [-0.2, 0) is 20.6 Å². The molecule has 0 spiro atoms. The van der Waals surface area contributed by atoms with Crippen molar-refractivity contribution in [2.45, 2.75) is 12.7 Å². The molecule has 126 valence electrons. The highest BCUT2D eigenvalue weighted by atomic mass is 35.5. The first-order valence-corrected chi connectivity index (χ1v) is 8.78. The van der Waals surface area contributed by atoms with Gasteiger partial charge in [0.25, 0.3) is 0 Å². The number of hydrogen-bond donors (Lipinski definition) is 0. The van der Waals surface area contributed by atoms with Gasteiger partial charge in [0.2, 0.25) is 0 Å². The predicted octanol–water partition coefficient (Wildman–Crippen LogP) is 4.49. The van der Waals surface area contributed by atoms with E-state index in [1.54, 1.807) is 23.5 Å². The number of thiophene rings is 1. The van der Waals surface area contributed by atoms with Gasteiger partial charge in [0, 0.05) is 21.9 Å². The summed E-state index contributed by atoms with van der Waals surface area (Å²) >= 11 is 7.63. The van der Waals surface area contributed by atoms with Gasteiger partial charge in [-0.15, -0.1) is 11.3 Å². The molecule has 1 aliphatic rings. The van der Waals surface area contributed by atoms with Crippen molar-refractivity contribution in [2.75, 3.05) is 20.3 Å². The van der Waals surface area contributed by atoms with Gasteiger partial charge in [-0.3, -0.25) is 0 Å². The topological polar surface area (TPSA) is 44.8 Å². The van der Waals surface area contributed by atoms with Crippen molar-refractivity contribution >= 4 is 35.0 Å². The molecule has 1 saturated heterocycles. The molecule has 0 N–H and O–H groups in total. The minimum atomic E-state index is -0.401. The maximum atomic E-state index is 11.9. The summed E-state index contributed by atoms with van der Waals surface area (Å²) in [5.41, 5.74) is 2.30. The van der Waals surface area contributed by atoms with E-state index in [-0.39, 0.29) is 6.29 Å². The number of carbonyl (C=O) groups is 1. The molecule has 0 unspecified atom stereocenters. The molecule has 6 heteroatoms. The second kappa shape index (κ2) is 7.94. The van der Waals surface area contributed by atoms with E-state index >= 15 is 0 Å². The standard InChI is InChI=1S/C18H17ClO4S/c1-21-17(20)15-11-13(19)6-5-12(15)3-2-4-16-14(7-10-24-16)18-22-8-9-23-18/h2-3,5-7,10-11,18H,4,8-9H2,1H3. The van der Waals surface area contributed by atoms with Crippen molar-refractivity contribution in [3.8, 4) is 0 Å². The van der Waals surface area contributed by atoms with Crippen LogP contribution < -0.4 is 0 Å². The van der Waals surface area contributed by atoms with Gasteiger partial charge in [-0.2, -0.15) is 0 Å². The smallest absolute Gasteiger partial charge is 0.338 e. The number of benzene rings is 1. The van der Waals surface area contributed by atoms with Crippen LogP contribution in [0.3, 0.4) is 0 Å². The summed E-state index contributed by atoms with van der Waals surface area (Å²) < 4.78 is 15.9. The second-order valence-electron chi connectivity index (χ2n) is 5.20. The van der Waals surface area contributed by atoms with Crippen LogP contribution in [0, 0.1) is 0 Å². The van der Waals surface area contributed by atoms with Crippen LogP contribution in [-0.4, -0.2) is 26.3 Å². The number of rotatable bonds is 5. The van der Waals surface area contributed by atoms with Crippen LogP contribution in [0.1, 0.15) is 32.7 Å². The summed E-state index contributed by atoms with van der Waals surface area (Å²) in [4.78, 5) is 13.0. The Morgan fingerprint density at radius 3 is 2.92 bits per heavy atom. The molecule has 1 fully saturated rings. The molecule has 24 heavy (non-hydrogen) atoms. The highest BCUT2D eigenvalue weighted by molar-refractivity contribution is 7.10. The van der Waals surface area contributed by atoms with Gasteiger partial charge in [0.05, 0.1) is 25.9 Å². The lowest BCUT2D eigenvalue weighted by molar-refractivity contribution is -0.0442. The molecule has 4 nitrogen and oxygen atoms in total. The Labute approximate surface area is 149 Å². The molecule has 1 aromatic heterocycles. The van der Waals surface area contributed by atoms with Gasteiger partial charge in [0.1, 0.15) is 0 Å². The van der Waals surface area contributed by atoms with Crippen LogP contribution in [0.2, 0.25) is 5.02 Å². The van der Waals surface area contributed by atoms with Crippen molar-refractivity contribution in [2.24, 2.45) is 0 Å². The van der Waals surface area contributed by atoms with Gasteiger partial charge in [-0.25, -0.2) is 4.79 Å². The highest BCUT2D eigenvalue weighted by Gasteiger charge is 2.21. The van der Waals surface area contributed by atoms with Crippen LogP contribution in [0.4, 0.5) is 0 Å². The number of allylic oxidation sites excluding steroid dienone is 1. The second-order valence-corrected chi connectivity index (χ2v) is 6.64. The van der Waals surface area contributed by atoms with Crippen molar-refractivity contribution in [1.82, 2.24) is 0 Å². The minimum absolute atomic E-state index is 0.263. The van der Waals surface area contributed by atoms with E-state index in [1.807, 2.05) is 29.7 Å². The zero-order valence-corrected chi connectivity index (χ0v) is 14.7. The largest absolute Gasteiger partial charge is 0.465 e. The SMILES string of the molecule is COC(=O)c1cc(Cl)ccc1C=CCc1sccc1C1OCCO1. The third-order valence-corrected chi connectivity index (χ3v) is 4.87. The van der Waals surface area contributed by atoms with Crippen LogP contribution >= 0.6 is 22.9 Å². The van der Waals surface area contributed by atoms with Crippen LogP contribution in [0.5, 0.6) is 0 Å². The Bertz CT molecular complexity index is 747. The predicted molar refractivity (Wildman–Crippen MR) is 94.5 cm³/mol. The highest BCUT2D eigenvalue weighted by Crippen LogP contribution is 2.30. The fourth-order valence-corrected chi connectivity index (χ4v) is 3.56. The van der Waals surface area contributed by atoms with Gasteiger partial charge >= 0.3 is 5.97 Å². The lowest BCUT2D eigenvalue weighted by Gasteiger charge is -2.09. The summed E-state index contributed by atoms with van der Waals surface area (Å²) in [6.45, 7) is 1.26. The molecule has 0 atom stereocenters. The lowest BCUT2D eigenvalue weighted by atomic mass is 10.1. The molecular formula is C18H17ClO4S. The van der Waals surface area contributed by atoms with Crippen molar-refractivity contribution in [1.29, 1.82) is 0 Å². The van der Waals surface area contributed by atoms with E-state index in [2.05, 4.69) is 0 Å². The van der Waals surface area contributed by atoms with Crippen molar-refractivity contribution in [3.63, 3.8) is 0 Å². The molecule has 0 aliphatic carbocycles.